The van der Waals surface area contributed by atoms with Gasteiger partial charge in [0.2, 0.25) is 5.91 Å². The quantitative estimate of drug-likeness (QED) is 0.676. The predicted octanol–water partition coefficient (Wildman–Crippen LogP) is 1.80. The fraction of sp³-hybridized carbons (Fsp3) is 0.917. The second-order valence-corrected chi connectivity index (χ2v) is 6.02. The van der Waals surface area contributed by atoms with E-state index in [1.54, 1.807) is 7.05 Å². The minimum atomic E-state index is 0.0341. The Hall–Kier alpha value is -0.530. The number of carbonyl (C=O) groups is 1. The van der Waals surface area contributed by atoms with Crippen LogP contribution in [0.4, 0.5) is 0 Å². The SMILES string of the molecule is CNC(=O)C12CC3CC(C)(CC1C)C32. The van der Waals surface area contributed by atoms with Crippen LogP contribution in [0.5, 0.6) is 0 Å². The molecule has 1 N–H and O–H groups in total. The molecule has 0 radical (unpaired) electrons. The van der Waals surface area contributed by atoms with E-state index in [0.29, 0.717) is 23.2 Å². The van der Waals surface area contributed by atoms with Gasteiger partial charge in [0.1, 0.15) is 0 Å². The maximum absolute atomic E-state index is 12.0. The lowest BCUT2D eigenvalue weighted by Crippen LogP contribution is -2.64. The van der Waals surface area contributed by atoms with Crippen molar-refractivity contribution < 1.29 is 4.79 Å². The molecule has 2 nitrogen and oxygen atoms in total. The molecule has 0 aliphatic heterocycles. The number of carbonyl (C=O) groups excluding carboxylic acids is 1. The van der Waals surface area contributed by atoms with Crippen LogP contribution in [0.25, 0.3) is 0 Å². The van der Waals surface area contributed by atoms with Gasteiger partial charge in [-0.25, -0.2) is 0 Å². The Morgan fingerprint density at radius 3 is 2.64 bits per heavy atom. The molecule has 3 fully saturated rings. The van der Waals surface area contributed by atoms with E-state index in [1.165, 1.54) is 12.8 Å². The Bertz CT molecular complexity index is 313. The molecule has 5 unspecified atom stereocenters. The van der Waals surface area contributed by atoms with Gasteiger partial charge in [0.05, 0.1) is 5.41 Å². The molecule has 5 atom stereocenters. The zero-order valence-corrected chi connectivity index (χ0v) is 9.26. The van der Waals surface area contributed by atoms with Crippen LogP contribution in [0, 0.1) is 28.6 Å². The minimum Gasteiger partial charge on any atom is -0.359 e. The Labute approximate surface area is 85.4 Å². The van der Waals surface area contributed by atoms with Crippen molar-refractivity contribution in [2.24, 2.45) is 28.6 Å². The lowest BCUT2D eigenvalue weighted by atomic mass is 9.39. The molecule has 3 aliphatic carbocycles. The maximum Gasteiger partial charge on any atom is 0.226 e. The highest BCUT2D eigenvalue weighted by atomic mass is 16.2. The van der Waals surface area contributed by atoms with Crippen LogP contribution in [0.3, 0.4) is 0 Å². The molecule has 78 valence electrons. The number of amides is 1. The number of hydrogen-bond acceptors (Lipinski definition) is 1. The summed E-state index contributed by atoms with van der Waals surface area (Å²) in [5, 5.41) is 2.88. The number of rotatable bonds is 1. The van der Waals surface area contributed by atoms with Crippen LogP contribution >= 0.6 is 0 Å². The van der Waals surface area contributed by atoms with Gasteiger partial charge in [-0.1, -0.05) is 13.8 Å². The summed E-state index contributed by atoms with van der Waals surface area (Å²) in [5.41, 5.74) is 0.543. The first-order valence-electron chi connectivity index (χ1n) is 5.77. The summed E-state index contributed by atoms with van der Waals surface area (Å²) in [5.74, 6) is 2.50. The van der Waals surface area contributed by atoms with Crippen LogP contribution in [-0.4, -0.2) is 13.0 Å². The first-order chi connectivity index (χ1) is 6.54. The molecule has 0 heterocycles. The minimum absolute atomic E-state index is 0.0341. The molecule has 0 aromatic rings. The van der Waals surface area contributed by atoms with Crippen molar-refractivity contribution in [1.82, 2.24) is 5.32 Å². The van der Waals surface area contributed by atoms with Gasteiger partial charge in [0.25, 0.3) is 0 Å². The highest BCUT2D eigenvalue weighted by Gasteiger charge is 2.76. The topological polar surface area (TPSA) is 29.1 Å². The first kappa shape index (κ1) is 8.75. The number of hydrogen-bond donors (Lipinski definition) is 1. The van der Waals surface area contributed by atoms with Crippen molar-refractivity contribution in [1.29, 1.82) is 0 Å². The van der Waals surface area contributed by atoms with Crippen molar-refractivity contribution in [2.45, 2.75) is 33.1 Å². The van der Waals surface area contributed by atoms with Gasteiger partial charge >= 0.3 is 0 Å². The standard InChI is InChI=1S/C12H19NO/c1-7-4-11(2)5-8-6-12(7,9(8)11)10(14)13-3/h7-9H,4-6H2,1-3H3,(H,13,14). The summed E-state index contributed by atoms with van der Waals surface area (Å²) in [6.07, 6.45) is 3.80. The highest BCUT2D eigenvalue weighted by Crippen LogP contribution is 2.79. The predicted molar refractivity (Wildman–Crippen MR) is 54.6 cm³/mol. The summed E-state index contributed by atoms with van der Waals surface area (Å²) >= 11 is 0. The summed E-state index contributed by atoms with van der Waals surface area (Å²) < 4.78 is 0. The zero-order chi connectivity index (χ0) is 10.1. The highest BCUT2D eigenvalue weighted by molar-refractivity contribution is 5.85. The van der Waals surface area contributed by atoms with E-state index in [0.717, 1.165) is 12.3 Å². The normalized spacial score (nSPS) is 58.4. The summed E-state index contributed by atoms with van der Waals surface area (Å²) in [6.45, 7) is 4.66. The molecule has 0 aromatic carbocycles. The Morgan fingerprint density at radius 2 is 2.07 bits per heavy atom. The molecule has 0 bridgehead atoms. The van der Waals surface area contributed by atoms with E-state index in [1.807, 2.05) is 0 Å². The van der Waals surface area contributed by atoms with Crippen molar-refractivity contribution in [2.75, 3.05) is 7.05 Å². The van der Waals surface area contributed by atoms with Crippen LogP contribution in [0.1, 0.15) is 33.1 Å². The third-order valence-electron chi connectivity index (χ3n) is 5.41. The molecule has 2 heteroatoms. The molecule has 1 amide bonds. The van der Waals surface area contributed by atoms with E-state index in [-0.39, 0.29) is 5.41 Å². The van der Waals surface area contributed by atoms with Gasteiger partial charge in [-0.3, -0.25) is 4.79 Å². The average Bonchev–Trinajstić information content (AvgIpc) is 2.22. The first-order valence-corrected chi connectivity index (χ1v) is 5.77. The summed E-state index contributed by atoms with van der Waals surface area (Å²) in [7, 11) is 1.78. The smallest absolute Gasteiger partial charge is 0.226 e. The third-order valence-corrected chi connectivity index (χ3v) is 5.41. The van der Waals surface area contributed by atoms with E-state index >= 15 is 0 Å². The van der Waals surface area contributed by atoms with E-state index < -0.39 is 0 Å². The van der Waals surface area contributed by atoms with Gasteiger partial charge in [-0.15, -0.1) is 0 Å². The van der Waals surface area contributed by atoms with Gasteiger partial charge < -0.3 is 5.32 Å². The lowest BCUT2D eigenvalue weighted by Gasteiger charge is -2.65. The fourth-order valence-corrected chi connectivity index (χ4v) is 5.18. The van der Waals surface area contributed by atoms with E-state index in [9.17, 15) is 4.79 Å². The van der Waals surface area contributed by atoms with Gasteiger partial charge in [-0.05, 0) is 42.4 Å². The van der Waals surface area contributed by atoms with Crippen LogP contribution in [0.2, 0.25) is 0 Å². The lowest BCUT2D eigenvalue weighted by molar-refractivity contribution is -0.188. The van der Waals surface area contributed by atoms with Gasteiger partial charge in [-0.2, -0.15) is 0 Å². The summed E-state index contributed by atoms with van der Waals surface area (Å²) in [6, 6.07) is 0. The molecule has 0 spiro atoms. The zero-order valence-electron chi connectivity index (χ0n) is 9.26. The van der Waals surface area contributed by atoms with Crippen molar-refractivity contribution in [3.05, 3.63) is 0 Å². The average molecular weight is 193 g/mol. The third kappa shape index (κ3) is 0.636. The number of nitrogens with one attached hydrogen (secondary N) is 1. The molecule has 0 aromatic heterocycles. The maximum atomic E-state index is 12.0. The molecular formula is C12H19NO. The van der Waals surface area contributed by atoms with Gasteiger partial charge in [0, 0.05) is 7.05 Å². The Kier molecular flexibility index (Phi) is 1.36. The van der Waals surface area contributed by atoms with Crippen LogP contribution in [-0.2, 0) is 4.79 Å². The van der Waals surface area contributed by atoms with Crippen molar-refractivity contribution in [3.8, 4) is 0 Å². The van der Waals surface area contributed by atoms with Crippen LogP contribution < -0.4 is 5.32 Å². The molecule has 14 heavy (non-hydrogen) atoms. The summed E-state index contributed by atoms with van der Waals surface area (Å²) in [4.78, 5) is 12.0. The second kappa shape index (κ2) is 2.17. The van der Waals surface area contributed by atoms with Crippen molar-refractivity contribution in [3.63, 3.8) is 0 Å². The second-order valence-electron chi connectivity index (χ2n) is 6.02. The molecule has 3 saturated carbocycles. The Morgan fingerprint density at radius 1 is 1.36 bits per heavy atom. The molecule has 3 rings (SSSR count). The van der Waals surface area contributed by atoms with Crippen LogP contribution in [0.15, 0.2) is 0 Å². The molecular weight excluding hydrogens is 174 g/mol. The fourth-order valence-electron chi connectivity index (χ4n) is 5.18. The molecule has 3 aliphatic rings. The Balaban J connectivity index is 1.99. The molecule has 0 saturated heterocycles. The monoisotopic (exact) mass is 193 g/mol. The largest absolute Gasteiger partial charge is 0.359 e. The van der Waals surface area contributed by atoms with E-state index in [2.05, 4.69) is 19.2 Å². The van der Waals surface area contributed by atoms with E-state index in [4.69, 9.17) is 0 Å². The van der Waals surface area contributed by atoms with Gasteiger partial charge in [0.15, 0.2) is 0 Å². The van der Waals surface area contributed by atoms with Crippen molar-refractivity contribution >= 4 is 5.91 Å².